The molecule has 268 valence electrons. The molecule has 0 bridgehead atoms. The molecule has 5 rings (SSSR count). The Kier molecular flexibility index (Phi) is 14.6. The molecule has 0 radical (unpaired) electrons. The summed E-state index contributed by atoms with van der Waals surface area (Å²) in [5.74, 6) is 1.39. The maximum absolute atomic E-state index is 12.7. The molecule has 4 aromatic rings. The molecule has 0 amide bonds. The van der Waals surface area contributed by atoms with Gasteiger partial charge in [0.05, 0.1) is 33.9 Å². The van der Waals surface area contributed by atoms with E-state index in [4.69, 9.17) is 23.5 Å². The number of ether oxygens (including phenoxy) is 4. The summed E-state index contributed by atoms with van der Waals surface area (Å²) in [5, 5.41) is 0. The van der Waals surface area contributed by atoms with Crippen LogP contribution in [0.15, 0.2) is 94.6 Å². The molecule has 4 atom stereocenters. The first-order valence-corrected chi connectivity index (χ1v) is 20.1. The number of H-pyrrole nitrogens is 1. The van der Waals surface area contributed by atoms with Crippen LogP contribution in [0.4, 0.5) is 0 Å². The zero-order valence-corrected chi connectivity index (χ0v) is 32.0. The van der Waals surface area contributed by atoms with Crippen LogP contribution < -0.4 is 25.6 Å². The van der Waals surface area contributed by atoms with Gasteiger partial charge in [0.2, 0.25) is 0 Å². The Hall–Kier alpha value is -3.60. The zero-order valence-electron chi connectivity index (χ0n) is 29.4. The fraction of sp³-hybridized carbons (Fsp3) is 0.405. The van der Waals surface area contributed by atoms with Crippen molar-refractivity contribution in [3.05, 3.63) is 128 Å². The first-order chi connectivity index (χ1) is 24.1. The van der Waals surface area contributed by atoms with Crippen LogP contribution in [0.25, 0.3) is 0 Å². The van der Waals surface area contributed by atoms with E-state index in [0.717, 1.165) is 16.7 Å². The van der Waals surface area contributed by atoms with Crippen molar-refractivity contribution in [2.24, 2.45) is 0 Å². The number of hydrogen-bond donors (Lipinski definition) is 2. The molecule has 1 aliphatic heterocycles. The van der Waals surface area contributed by atoms with Gasteiger partial charge in [0.1, 0.15) is 0 Å². The summed E-state index contributed by atoms with van der Waals surface area (Å²) in [4.78, 5) is 28.6. The monoisotopic (exact) mass is 772 g/mol. The molecule has 0 saturated carbocycles. The number of hydrogen-bond acceptors (Lipinski definition) is 8. The van der Waals surface area contributed by atoms with Gasteiger partial charge in [-0.2, -0.15) is 0 Å². The molecule has 0 aliphatic carbocycles. The Morgan fingerprint density at radius 2 is 1.40 bits per heavy atom. The first-order valence-electron chi connectivity index (χ1n) is 16.7. The van der Waals surface area contributed by atoms with Gasteiger partial charge < -0.3 is 4.90 Å². The summed E-state index contributed by atoms with van der Waals surface area (Å²) in [6.45, 7) is 9.99. The molecule has 2 N–H and O–H groups in total. The van der Waals surface area contributed by atoms with Gasteiger partial charge in [-0.05, 0) is 20.8 Å². The molecule has 0 spiro atoms. The van der Waals surface area contributed by atoms with Crippen molar-refractivity contribution in [2.75, 3.05) is 40.5 Å². The van der Waals surface area contributed by atoms with Gasteiger partial charge in [-0.3, -0.25) is 0 Å². The van der Waals surface area contributed by atoms with Crippen molar-refractivity contribution in [2.45, 2.75) is 58.2 Å². The maximum atomic E-state index is 12.7. The Labute approximate surface area is 302 Å². The number of rotatable bonds is 14. The van der Waals surface area contributed by atoms with Crippen LogP contribution in [0.1, 0.15) is 55.7 Å². The van der Waals surface area contributed by atoms with Gasteiger partial charge in [-0.15, -0.1) is 0 Å². The SMILES string of the molecule is CC[NH+](CC)CC.COc1ccc(C(OC[C@H]2O[C@@H](n3cc(C)c(=O)[nH]c3=O)C[C@@H]2O[P+](=O)[Se-])(c2ccccc2)c2ccc(OC)cc2)cc1. The van der Waals surface area contributed by atoms with E-state index >= 15 is 0 Å². The number of quaternary nitrogens is 1. The van der Waals surface area contributed by atoms with Gasteiger partial charge in [0, 0.05) is 0 Å². The summed E-state index contributed by atoms with van der Waals surface area (Å²) in [7, 11) is 3.22. The molecule has 1 fully saturated rings. The molecule has 13 heteroatoms. The third-order valence-electron chi connectivity index (χ3n) is 9.00. The Balaban J connectivity index is 0.000000727. The van der Waals surface area contributed by atoms with E-state index in [9.17, 15) is 14.2 Å². The molecular weight excluding hydrogens is 724 g/mol. The third-order valence-corrected chi connectivity index (χ3v) is 9.98. The van der Waals surface area contributed by atoms with E-state index in [0.29, 0.717) is 17.1 Å². The van der Waals surface area contributed by atoms with Crippen LogP contribution >= 0.6 is 6.72 Å². The van der Waals surface area contributed by atoms with Crippen molar-refractivity contribution < 1.29 is 32.9 Å². The van der Waals surface area contributed by atoms with Gasteiger partial charge in [0.15, 0.2) is 0 Å². The van der Waals surface area contributed by atoms with Gasteiger partial charge in [-0.25, -0.2) is 0 Å². The minimum absolute atomic E-state index is 0.00831. The Bertz CT molecular complexity index is 1730. The second-order valence-electron chi connectivity index (χ2n) is 11.8. The molecule has 1 aromatic heterocycles. The summed E-state index contributed by atoms with van der Waals surface area (Å²) < 4.78 is 43.3. The van der Waals surface area contributed by atoms with Crippen molar-refractivity contribution >= 4 is 22.3 Å². The average molecular weight is 772 g/mol. The molecule has 11 nitrogen and oxygen atoms in total. The fourth-order valence-corrected chi connectivity index (χ4v) is 7.21. The van der Waals surface area contributed by atoms with Crippen LogP contribution in [0.2, 0.25) is 0 Å². The quantitative estimate of drug-likeness (QED) is 0.111. The topological polar surface area (TPSA) is 123 Å². The van der Waals surface area contributed by atoms with E-state index in [-0.39, 0.29) is 13.0 Å². The van der Waals surface area contributed by atoms with Gasteiger partial charge >= 0.3 is 244 Å². The molecule has 1 saturated heterocycles. The summed E-state index contributed by atoms with van der Waals surface area (Å²) >= 11 is 2.49. The second-order valence-corrected chi connectivity index (χ2v) is 14.4. The molecule has 50 heavy (non-hydrogen) atoms. The van der Waals surface area contributed by atoms with E-state index in [1.807, 2.05) is 78.9 Å². The summed E-state index contributed by atoms with van der Waals surface area (Å²) in [5.41, 5.74) is 0.695. The number of aromatic amines is 1. The number of aryl methyl sites for hydroxylation is 1. The van der Waals surface area contributed by atoms with Crippen LogP contribution in [-0.4, -0.2) is 77.8 Å². The Morgan fingerprint density at radius 3 is 1.86 bits per heavy atom. The van der Waals surface area contributed by atoms with E-state index < -0.39 is 42.0 Å². The van der Waals surface area contributed by atoms with E-state index in [1.54, 1.807) is 26.0 Å². The van der Waals surface area contributed by atoms with Crippen molar-refractivity contribution in [1.82, 2.24) is 9.55 Å². The van der Waals surface area contributed by atoms with Gasteiger partial charge in [0.25, 0.3) is 0 Å². The number of methoxy groups -OCH3 is 2. The second kappa shape index (κ2) is 18.6. The Morgan fingerprint density at radius 1 is 0.880 bits per heavy atom. The minimum atomic E-state index is -2.11. The van der Waals surface area contributed by atoms with Crippen LogP contribution in [-0.2, 0) is 24.2 Å². The number of benzene rings is 3. The normalized spacial score (nSPS) is 17.6. The molecular formula is C37H47N3O8PSe+. The van der Waals surface area contributed by atoms with Crippen LogP contribution in [0.5, 0.6) is 11.5 Å². The van der Waals surface area contributed by atoms with Crippen molar-refractivity contribution in [3.8, 4) is 11.5 Å². The van der Waals surface area contributed by atoms with E-state index in [2.05, 4.69) is 41.3 Å². The van der Waals surface area contributed by atoms with Crippen LogP contribution in [0, 0.1) is 6.92 Å². The standard InChI is InChI=1S/C31H31N2O8PSe.C6H15N/c1-20-18-33(30(35)32-29(20)34)28-17-26(41-42(36)43)27(40-28)19-39-31(21-7-5-4-6-8-21,22-9-13-24(37-2)14-10-22)23-11-15-25(38-3)16-12-23;1-4-7(5-2)6-3/h4-16,18,26-28H,17,19H2,1-3H3,(H,32,34,35);4-6H2,1-3H3/p+1/t26-,27+,28+;/m0./s1. The summed E-state index contributed by atoms with van der Waals surface area (Å²) in [6, 6.07) is 25.1. The van der Waals surface area contributed by atoms with Crippen molar-refractivity contribution in [1.29, 1.82) is 0 Å². The third kappa shape index (κ3) is 9.38. The predicted molar refractivity (Wildman–Crippen MR) is 194 cm³/mol. The predicted octanol–water partition coefficient (Wildman–Crippen LogP) is 4.30. The van der Waals surface area contributed by atoms with Crippen LogP contribution in [0.3, 0.4) is 0 Å². The molecule has 1 aliphatic rings. The zero-order chi connectivity index (χ0) is 36.3. The first kappa shape index (κ1) is 39.2. The van der Waals surface area contributed by atoms with Gasteiger partial charge in [-0.1, -0.05) is 0 Å². The molecule has 3 aromatic carbocycles. The number of nitrogens with one attached hydrogen (secondary N) is 2. The van der Waals surface area contributed by atoms with E-state index in [1.165, 1.54) is 30.4 Å². The number of nitrogens with zero attached hydrogens (tertiary/aromatic N) is 1. The average Bonchev–Trinajstić information content (AvgIpc) is 3.53. The molecule has 2 heterocycles. The summed E-state index contributed by atoms with van der Waals surface area (Å²) in [6.07, 6.45) is -0.492. The fourth-order valence-electron chi connectivity index (χ4n) is 6.07. The van der Waals surface area contributed by atoms with Crippen molar-refractivity contribution in [3.63, 3.8) is 0 Å². The molecule has 1 unspecified atom stereocenters. The number of aromatic nitrogens is 2.